The third kappa shape index (κ3) is 4.90. The average molecular weight is 462 g/mol. The fourth-order valence-electron chi connectivity index (χ4n) is 2.43. The second kappa shape index (κ2) is 8.28. The van der Waals surface area contributed by atoms with Gasteiger partial charge in [-0.2, -0.15) is 0 Å². The molecule has 0 aliphatic rings. The summed E-state index contributed by atoms with van der Waals surface area (Å²) in [6.07, 6.45) is 1.02. The molecule has 1 atom stereocenters. The predicted molar refractivity (Wildman–Crippen MR) is 108 cm³/mol. The molecule has 0 unspecified atom stereocenters. The lowest BCUT2D eigenvalue weighted by atomic mass is 10.2. The standard InChI is InChI=1S/C17H18BrClN2O4S/c1-11(17(22)20-14-6-4-5-12(18)9-14)21(26(3,23)24)15-10-13(19)7-8-16(15)25-2/h4-11H,1-3H3,(H,20,22)/t11-/m0/s1. The summed E-state index contributed by atoms with van der Waals surface area (Å²) in [5.41, 5.74) is 0.738. The number of hydrogen-bond acceptors (Lipinski definition) is 4. The molecule has 0 fully saturated rings. The summed E-state index contributed by atoms with van der Waals surface area (Å²) in [7, 11) is -2.37. The summed E-state index contributed by atoms with van der Waals surface area (Å²) >= 11 is 9.34. The molecule has 0 heterocycles. The van der Waals surface area contributed by atoms with Crippen LogP contribution in [0.2, 0.25) is 5.02 Å². The molecule has 2 rings (SSSR count). The van der Waals surface area contributed by atoms with Gasteiger partial charge in [-0.1, -0.05) is 33.6 Å². The number of ether oxygens (including phenoxy) is 1. The van der Waals surface area contributed by atoms with E-state index in [0.29, 0.717) is 16.5 Å². The molecule has 1 amide bonds. The van der Waals surface area contributed by atoms with Crippen LogP contribution in [0, 0.1) is 0 Å². The maximum absolute atomic E-state index is 12.7. The maximum Gasteiger partial charge on any atom is 0.247 e. The third-order valence-corrected chi connectivity index (χ3v) is 5.51. The van der Waals surface area contributed by atoms with Crippen LogP contribution in [0.4, 0.5) is 11.4 Å². The maximum atomic E-state index is 12.7. The largest absolute Gasteiger partial charge is 0.495 e. The predicted octanol–water partition coefficient (Wildman–Crippen LogP) is 3.90. The van der Waals surface area contributed by atoms with Crippen molar-refractivity contribution in [3.8, 4) is 5.75 Å². The van der Waals surface area contributed by atoms with E-state index in [0.717, 1.165) is 15.0 Å². The van der Waals surface area contributed by atoms with Crippen LogP contribution in [0.1, 0.15) is 6.92 Å². The van der Waals surface area contributed by atoms with Crippen molar-refractivity contribution in [3.63, 3.8) is 0 Å². The van der Waals surface area contributed by atoms with E-state index < -0.39 is 22.0 Å². The van der Waals surface area contributed by atoms with Gasteiger partial charge in [-0.15, -0.1) is 0 Å². The van der Waals surface area contributed by atoms with Gasteiger partial charge in [-0.05, 0) is 43.3 Å². The van der Waals surface area contributed by atoms with Crippen molar-refractivity contribution in [3.05, 3.63) is 52.0 Å². The molecule has 2 aromatic rings. The highest BCUT2D eigenvalue weighted by molar-refractivity contribution is 9.10. The summed E-state index contributed by atoms with van der Waals surface area (Å²) in [6.45, 7) is 1.49. The number of sulfonamides is 1. The third-order valence-electron chi connectivity index (χ3n) is 3.56. The minimum atomic E-state index is -3.79. The van der Waals surface area contributed by atoms with E-state index in [1.54, 1.807) is 30.3 Å². The number of halogens is 2. The van der Waals surface area contributed by atoms with E-state index in [4.69, 9.17) is 16.3 Å². The molecule has 0 aromatic heterocycles. The fourth-order valence-corrected chi connectivity index (χ4v) is 4.17. The van der Waals surface area contributed by atoms with Crippen LogP contribution in [0.3, 0.4) is 0 Å². The van der Waals surface area contributed by atoms with Gasteiger partial charge in [0.1, 0.15) is 11.8 Å². The Labute approximate surface area is 166 Å². The van der Waals surface area contributed by atoms with Crippen LogP contribution >= 0.6 is 27.5 Å². The molecule has 1 N–H and O–H groups in total. The minimum absolute atomic E-state index is 0.194. The zero-order chi connectivity index (χ0) is 19.5. The average Bonchev–Trinajstić information content (AvgIpc) is 2.54. The van der Waals surface area contributed by atoms with Crippen molar-refractivity contribution in [2.24, 2.45) is 0 Å². The van der Waals surface area contributed by atoms with Crippen LogP contribution in [-0.2, 0) is 14.8 Å². The minimum Gasteiger partial charge on any atom is -0.495 e. The molecule has 6 nitrogen and oxygen atoms in total. The summed E-state index contributed by atoms with van der Waals surface area (Å²) in [5.74, 6) is -0.197. The number of nitrogens with zero attached hydrogens (tertiary/aromatic N) is 1. The number of amides is 1. The Bertz CT molecular complexity index is 921. The summed E-state index contributed by atoms with van der Waals surface area (Å²) in [4.78, 5) is 12.7. The van der Waals surface area contributed by atoms with Gasteiger partial charge in [-0.25, -0.2) is 8.42 Å². The highest BCUT2D eigenvalue weighted by atomic mass is 79.9. The number of anilines is 2. The van der Waals surface area contributed by atoms with E-state index in [1.807, 2.05) is 6.07 Å². The second-order valence-electron chi connectivity index (χ2n) is 5.55. The van der Waals surface area contributed by atoms with Crippen LogP contribution in [0.25, 0.3) is 0 Å². The van der Waals surface area contributed by atoms with E-state index in [-0.39, 0.29) is 5.69 Å². The first-order chi connectivity index (χ1) is 12.1. The smallest absolute Gasteiger partial charge is 0.247 e. The summed E-state index contributed by atoms with van der Waals surface area (Å²) in [5, 5.41) is 3.04. The normalized spacial score (nSPS) is 12.3. The van der Waals surface area contributed by atoms with Gasteiger partial charge < -0.3 is 10.1 Å². The molecule has 0 saturated carbocycles. The lowest BCUT2D eigenvalue weighted by Crippen LogP contribution is -2.45. The number of benzene rings is 2. The second-order valence-corrected chi connectivity index (χ2v) is 8.76. The highest BCUT2D eigenvalue weighted by Crippen LogP contribution is 2.34. The van der Waals surface area contributed by atoms with Crippen molar-refractivity contribution >= 4 is 54.8 Å². The molecular formula is C17H18BrClN2O4S. The Morgan fingerprint density at radius 2 is 1.96 bits per heavy atom. The van der Waals surface area contributed by atoms with E-state index >= 15 is 0 Å². The first kappa shape index (κ1) is 20.5. The summed E-state index contributed by atoms with van der Waals surface area (Å²) in [6, 6.07) is 10.6. The Hall–Kier alpha value is -1.77. The van der Waals surface area contributed by atoms with Gasteiger partial charge in [-0.3, -0.25) is 9.10 Å². The highest BCUT2D eigenvalue weighted by Gasteiger charge is 2.31. The molecule has 0 bridgehead atoms. The Morgan fingerprint density at radius 3 is 2.54 bits per heavy atom. The van der Waals surface area contributed by atoms with Gasteiger partial charge >= 0.3 is 0 Å². The van der Waals surface area contributed by atoms with Crippen molar-refractivity contribution in [1.29, 1.82) is 0 Å². The molecule has 0 aliphatic heterocycles. The Kier molecular flexibility index (Phi) is 6.54. The topological polar surface area (TPSA) is 75.7 Å². The van der Waals surface area contributed by atoms with Gasteiger partial charge in [0.15, 0.2) is 0 Å². The fraction of sp³-hybridized carbons (Fsp3) is 0.235. The SMILES string of the molecule is COc1ccc(Cl)cc1N([C@@H](C)C(=O)Nc1cccc(Br)c1)S(C)(=O)=O. The van der Waals surface area contributed by atoms with Crippen molar-refractivity contribution < 1.29 is 17.9 Å². The molecule has 2 aromatic carbocycles. The molecule has 26 heavy (non-hydrogen) atoms. The number of carbonyl (C=O) groups is 1. The summed E-state index contributed by atoms with van der Waals surface area (Å²) < 4.78 is 31.8. The van der Waals surface area contributed by atoms with E-state index in [2.05, 4.69) is 21.2 Å². The molecule has 0 aliphatic carbocycles. The van der Waals surface area contributed by atoms with Crippen molar-refractivity contribution in [1.82, 2.24) is 0 Å². The van der Waals surface area contributed by atoms with Gasteiger partial charge in [0, 0.05) is 15.2 Å². The molecule has 0 spiro atoms. The zero-order valence-electron chi connectivity index (χ0n) is 14.4. The molecule has 0 radical (unpaired) electrons. The number of methoxy groups -OCH3 is 1. The Balaban J connectivity index is 2.41. The van der Waals surface area contributed by atoms with Crippen LogP contribution < -0.4 is 14.4 Å². The number of carbonyl (C=O) groups excluding carboxylic acids is 1. The molecular weight excluding hydrogens is 444 g/mol. The first-order valence-electron chi connectivity index (χ1n) is 7.53. The quantitative estimate of drug-likeness (QED) is 0.708. The molecule has 140 valence electrons. The number of rotatable bonds is 6. The monoisotopic (exact) mass is 460 g/mol. The van der Waals surface area contributed by atoms with Crippen molar-refractivity contribution in [2.45, 2.75) is 13.0 Å². The lowest BCUT2D eigenvalue weighted by molar-refractivity contribution is -0.116. The lowest BCUT2D eigenvalue weighted by Gasteiger charge is -2.29. The number of nitrogens with one attached hydrogen (secondary N) is 1. The van der Waals surface area contributed by atoms with Crippen LogP contribution in [-0.4, -0.2) is 33.7 Å². The van der Waals surface area contributed by atoms with Gasteiger partial charge in [0.05, 0.1) is 19.1 Å². The number of hydrogen-bond donors (Lipinski definition) is 1. The molecule has 9 heteroatoms. The van der Waals surface area contributed by atoms with E-state index in [1.165, 1.54) is 20.1 Å². The Morgan fingerprint density at radius 1 is 1.27 bits per heavy atom. The van der Waals surface area contributed by atoms with Gasteiger partial charge in [0.25, 0.3) is 0 Å². The van der Waals surface area contributed by atoms with Crippen molar-refractivity contribution in [2.75, 3.05) is 23.0 Å². The zero-order valence-corrected chi connectivity index (χ0v) is 17.5. The molecule has 0 saturated heterocycles. The van der Waals surface area contributed by atoms with Gasteiger partial charge in [0.2, 0.25) is 15.9 Å². The first-order valence-corrected chi connectivity index (χ1v) is 10.5. The van der Waals surface area contributed by atoms with Crippen LogP contribution in [0.15, 0.2) is 46.9 Å². The van der Waals surface area contributed by atoms with E-state index in [9.17, 15) is 13.2 Å². The van der Waals surface area contributed by atoms with Crippen LogP contribution in [0.5, 0.6) is 5.75 Å².